The van der Waals surface area contributed by atoms with E-state index in [0.29, 0.717) is 0 Å². The number of benzene rings is 1. The molecular formula is C14H21NO2. The number of ether oxygens (including phenoxy) is 1. The topological polar surface area (TPSA) is 32.7 Å². The highest BCUT2D eigenvalue weighted by Gasteiger charge is 2.20. The second kappa shape index (κ2) is 6.15. The molecule has 0 bridgehead atoms. The van der Waals surface area contributed by atoms with Crippen molar-refractivity contribution in [1.82, 2.24) is 4.90 Å². The summed E-state index contributed by atoms with van der Waals surface area (Å²) in [5.41, 5.74) is 2.73. The molecule has 0 spiro atoms. The maximum Gasteiger partial charge on any atom is 0.0724 e. The van der Waals surface area contributed by atoms with Crippen LogP contribution in [0.25, 0.3) is 0 Å². The van der Waals surface area contributed by atoms with Gasteiger partial charge in [-0.05, 0) is 24.5 Å². The van der Waals surface area contributed by atoms with Gasteiger partial charge in [-0.1, -0.05) is 24.3 Å². The standard InChI is InChI=1S/C14H21NO2/c1-12-4-2-3-5-13(12)10-15-7-9-17-14(11-15)6-8-16/h2-5,14,16H,6-11H2,1H3. The molecule has 0 saturated carbocycles. The van der Waals surface area contributed by atoms with E-state index in [-0.39, 0.29) is 12.7 Å². The van der Waals surface area contributed by atoms with Crippen molar-refractivity contribution in [2.45, 2.75) is 26.0 Å². The monoisotopic (exact) mass is 235 g/mol. The molecule has 1 aliphatic rings. The summed E-state index contributed by atoms with van der Waals surface area (Å²) in [5, 5.41) is 8.94. The Hall–Kier alpha value is -0.900. The first-order valence-corrected chi connectivity index (χ1v) is 6.29. The highest BCUT2D eigenvalue weighted by molar-refractivity contribution is 5.25. The van der Waals surface area contributed by atoms with Gasteiger partial charge in [0.05, 0.1) is 12.7 Å². The zero-order valence-electron chi connectivity index (χ0n) is 10.4. The fourth-order valence-electron chi connectivity index (χ4n) is 2.27. The van der Waals surface area contributed by atoms with Gasteiger partial charge in [-0.2, -0.15) is 0 Å². The summed E-state index contributed by atoms with van der Waals surface area (Å²) in [4.78, 5) is 2.41. The molecule has 1 unspecified atom stereocenters. The first-order chi connectivity index (χ1) is 8.29. The first-order valence-electron chi connectivity index (χ1n) is 6.29. The molecule has 1 aliphatic heterocycles. The minimum atomic E-state index is 0.192. The van der Waals surface area contributed by atoms with Crippen LogP contribution in [-0.2, 0) is 11.3 Å². The minimum absolute atomic E-state index is 0.192. The van der Waals surface area contributed by atoms with E-state index in [4.69, 9.17) is 9.84 Å². The molecule has 94 valence electrons. The van der Waals surface area contributed by atoms with Crippen molar-refractivity contribution in [2.24, 2.45) is 0 Å². The van der Waals surface area contributed by atoms with Gasteiger partial charge in [0.2, 0.25) is 0 Å². The van der Waals surface area contributed by atoms with E-state index in [2.05, 4.69) is 36.1 Å². The third-order valence-corrected chi connectivity index (χ3v) is 3.33. The van der Waals surface area contributed by atoms with Crippen molar-refractivity contribution in [1.29, 1.82) is 0 Å². The number of hydrogen-bond donors (Lipinski definition) is 1. The van der Waals surface area contributed by atoms with Gasteiger partial charge >= 0.3 is 0 Å². The zero-order valence-corrected chi connectivity index (χ0v) is 10.4. The predicted molar refractivity (Wildman–Crippen MR) is 67.9 cm³/mol. The minimum Gasteiger partial charge on any atom is -0.396 e. The van der Waals surface area contributed by atoms with Crippen LogP contribution in [-0.4, -0.2) is 42.4 Å². The number of aryl methyl sites for hydroxylation is 1. The van der Waals surface area contributed by atoms with Crippen LogP contribution in [0.1, 0.15) is 17.5 Å². The average Bonchev–Trinajstić information content (AvgIpc) is 2.33. The number of aliphatic hydroxyl groups is 1. The largest absolute Gasteiger partial charge is 0.396 e. The zero-order chi connectivity index (χ0) is 12.1. The number of nitrogens with zero attached hydrogens (tertiary/aromatic N) is 1. The van der Waals surface area contributed by atoms with E-state index in [0.717, 1.165) is 32.7 Å². The molecule has 1 fully saturated rings. The second-order valence-electron chi connectivity index (χ2n) is 4.67. The fourth-order valence-corrected chi connectivity index (χ4v) is 2.27. The van der Waals surface area contributed by atoms with E-state index in [1.807, 2.05) is 0 Å². The van der Waals surface area contributed by atoms with Crippen LogP contribution >= 0.6 is 0 Å². The average molecular weight is 235 g/mol. The van der Waals surface area contributed by atoms with E-state index in [1.165, 1.54) is 11.1 Å². The summed E-state index contributed by atoms with van der Waals surface area (Å²) in [6.45, 7) is 6.03. The molecule has 1 atom stereocenters. The number of morpholine rings is 1. The van der Waals surface area contributed by atoms with Crippen molar-refractivity contribution >= 4 is 0 Å². The molecule has 0 aliphatic carbocycles. The van der Waals surface area contributed by atoms with Crippen molar-refractivity contribution in [3.63, 3.8) is 0 Å². The second-order valence-corrected chi connectivity index (χ2v) is 4.67. The third-order valence-electron chi connectivity index (χ3n) is 3.33. The Labute approximate surface area is 103 Å². The molecule has 1 aromatic rings. The van der Waals surface area contributed by atoms with Crippen LogP contribution in [0.3, 0.4) is 0 Å². The summed E-state index contributed by atoms with van der Waals surface area (Å²) in [7, 11) is 0. The van der Waals surface area contributed by atoms with Crippen molar-refractivity contribution in [2.75, 3.05) is 26.3 Å². The SMILES string of the molecule is Cc1ccccc1CN1CCOC(CCO)C1. The Bertz CT molecular complexity index is 352. The van der Waals surface area contributed by atoms with Gasteiger partial charge in [0, 0.05) is 26.2 Å². The molecule has 0 radical (unpaired) electrons. The van der Waals surface area contributed by atoms with Gasteiger partial charge in [-0.25, -0.2) is 0 Å². The summed E-state index contributed by atoms with van der Waals surface area (Å²) in [5.74, 6) is 0. The van der Waals surface area contributed by atoms with E-state index >= 15 is 0 Å². The smallest absolute Gasteiger partial charge is 0.0724 e. The van der Waals surface area contributed by atoms with Gasteiger partial charge in [0.25, 0.3) is 0 Å². The van der Waals surface area contributed by atoms with Gasteiger partial charge in [-0.3, -0.25) is 4.90 Å². The lowest BCUT2D eigenvalue weighted by Gasteiger charge is -2.33. The lowest BCUT2D eigenvalue weighted by Crippen LogP contribution is -2.42. The molecular weight excluding hydrogens is 214 g/mol. The molecule has 17 heavy (non-hydrogen) atoms. The Morgan fingerprint density at radius 2 is 2.24 bits per heavy atom. The lowest BCUT2D eigenvalue weighted by atomic mass is 10.1. The van der Waals surface area contributed by atoms with Crippen LogP contribution in [0, 0.1) is 6.92 Å². The van der Waals surface area contributed by atoms with Gasteiger partial charge in [-0.15, -0.1) is 0 Å². The van der Waals surface area contributed by atoms with Crippen LogP contribution in [0.15, 0.2) is 24.3 Å². The van der Waals surface area contributed by atoms with E-state index < -0.39 is 0 Å². The molecule has 1 saturated heterocycles. The molecule has 0 aromatic heterocycles. The van der Waals surface area contributed by atoms with Gasteiger partial charge < -0.3 is 9.84 Å². The maximum absolute atomic E-state index is 8.94. The molecule has 0 amide bonds. The summed E-state index contributed by atoms with van der Waals surface area (Å²) < 4.78 is 5.61. The molecule has 3 nitrogen and oxygen atoms in total. The molecule has 2 rings (SSSR count). The molecule has 1 heterocycles. The van der Waals surface area contributed by atoms with Crippen molar-refractivity contribution in [3.05, 3.63) is 35.4 Å². The summed E-state index contributed by atoms with van der Waals surface area (Å²) >= 11 is 0. The Morgan fingerprint density at radius 3 is 3.00 bits per heavy atom. The molecule has 1 N–H and O–H groups in total. The van der Waals surface area contributed by atoms with Gasteiger partial charge in [0.1, 0.15) is 0 Å². The first kappa shape index (κ1) is 12.6. The summed E-state index contributed by atoms with van der Waals surface area (Å²) in [6, 6.07) is 8.51. The van der Waals surface area contributed by atoms with E-state index in [1.54, 1.807) is 0 Å². The Kier molecular flexibility index (Phi) is 4.54. The van der Waals surface area contributed by atoms with Crippen LogP contribution in [0.4, 0.5) is 0 Å². The lowest BCUT2D eigenvalue weighted by molar-refractivity contribution is -0.0407. The molecule has 3 heteroatoms. The number of hydrogen-bond acceptors (Lipinski definition) is 3. The maximum atomic E-state index is 8.94. The summed E-state index contributed by atoms with van der Waals surface area (Å²) in [6.07, 6.45) is 0.933. The predicted octanol–water partition coefficient (Wildman–Crippen LogP) is 1.58. The van der Waals surface area contributed by atoms with Gasteiger partial charge in [0.15, 0.2) is 0 Å². The molecule has 1 aromatic carbocycles. The highest BCUT2D eigenvalue weighted by atomic mass is 16.5. The van der Waals surface area contributed by atoms with Crippen LogP contribution in [0.5, 0.6) is 0 Å². The highest BCUT2D eigenvalue weighted by Crippen LogP contribution is 2.14. The van der Waals surface area contributed by atoms with Crippen LogP contribution in [0.2, 0.25) is 0 Å². The Balaban J connectivity index is 1.92. The van der Waals surface area contributed by atoms with Crippen LogP contribution < -0.4 is 0 Å². The quantitative estimate of drug-likeness (QED) is 0.860. The normalized spacial score (nSPS) is 21.6. The fraction of sp³-hybridized carbons (Fsp3) is 0.571. The number of rotatable bonds is 4. The van der Waals surface area contributed by atoms with E-state index in [9.17, 15) is 0 Å². The van der Waals surface area contributed by atoms with Crippen molar-refractivity contribution < 1.29 is 9.84 Å². The Morgan fingerprint density at radius 1 is 1.41 bits per heavy atom. The van der Waals surface area contributed by atoms with Crippen molar-refractivity contribution in [3.8, 4) is 0 Å². The third kappa shape index (κ3) is 3.53. The number of aliphatic hydroxyl groups excluding tert-OH is 1.